The lowest BCUT2D eigenvalue weighted by Crippen LogP contribution is -2.13. The van der Waals surface area contributed by atoms with Gasteiger partial charge in [0.2, 0.25) is 0 Å². The summed E-state index contributed by atoms with van der Waals surface area (Å²) < 4.78 is 28.3. The van der Waals surface area contributed by atoms with Gasteiger partial charge in [0, 0.05) is 11.6 Å². The molecule has 0 unspecified atom stereocenters. The lowest BCUT2D eigenvalue weighted by Gasteiger charge is -2.13. The van der Waals surface area contributed by atoms with Gasteiger partial charge >= 0.3 is 0 Å². The minimum absolute atomic E-state index is 0.0135. The highest BCUT2D eigenvalue weighted by Gasteiger charge is 2.17. The predicted octanol–water partition coefficient (Wildman–Crippen LogP) is 4.70. The summed E-state index contributed by atoms with van der Waals surface area (Å²) in [5.41, 5.74) is 1.72. The number of benzene rings is 2. The third kappa shape index (κ3) is 3.00. The van der Waals surface area contributed by atoms with Gasteiger partial charge in [-0.3, -0.25) is 0 Å². The number of rotatable bonds is 4. The Hall–Kier alpha value is -1.45. The van der Waals surface area contributed by atoms with Gasteiger partial charge in [-0.15, -0.1) is 0 Å². The molecule has 0 aliphatic rings. The van der Waals surface area contributed by atoms with Crippen LogP contribution in [0.3, 0.4) is 0 Å². The first kappa shape index (κ1) is 14.9. The molecule has 0 heterocycles. The first-order valence-electron chi connectivity index (χ1n) is 6.48. The maximum absolute atomic E-state index is 14.3. The summed E-state index contributed by atoms with van der Waals surface area (Å²) in [5.74, 6) is -1.11. The molecule has 106 valence electrons. The molecule has 2 rings (SSSR count). The Labute approximate surface area is 122 Å². The molecule has 0 spiro atoms. The lowest BCUT2D eigenvalue weighted by atomic mass is 9.97. The highest BCUT2D eigenvalue weighted by atomic mass is 35.5. The molecule has 1 N–H and O–H groups in total. The maximum Gasteiger partial charge on any atom is 0.136 e. The quantitative estimate of drug-likeness (QED) is 0.862. The molecule has 0 saturated carbocycles. The van der Waals surface area contributed by atoms with Crippen LogP contribution in [0.5, 0.6) is 0 Å². The second kappa shape index (κ2) is 6.33. The molecule has 4 heteroatoms. The van der Waals surface area contributed by atoms with E-state index >= 15 is 0 Å². The summed E-state index contributed by atoms with van der Waals surface area (Å²) in [7, 11) is 0. The third-order valence-electron chi connectivity index (χ3n) is 3.19. The molecule has 0 aliphatic heterocycles. The van der Waals surface area contributed by atoms with Gasteiger partial charge in [0.05, 0.1) is 5.56 Å². The van der Waals surface area contributed by atoms with Crippen LogP contribution in [-0.2, 0) is 6.54 Å². The smallest absolute Gasteiger partial charge is 0.136 e. The Bertz CT molecular complexity index is 626. The number of hydrogen-bond donors (Lipinski definition) is 1. The Morgan fingerprint density at radius 2 is 1.90 bits per heavy atom. The van der Waals surface area contributed by atoms with Crippen molar-refractivity contribution in [3.63, 3.8) is 0 Å². The fourth-order valence-electron chi connectivity index (χ4n) is 2.10. The minimum atomic E-state index is -0.576. The number of aryl methyl sites for hydroxylation is 1. The standard InChI is InChI=1S/C16H16ClF2N/c1-3-20-9-11-5-6-12(17)8-13(11)15-14(18)7-4-10(2)16(15)19/h4-8,20H,3,9H2,1-2H3. The molecule has 2 aromatic carbocycles. The molecular weight excluding hydrogens is 280 g/mol. The molecule has 0 saturated heterocycles. The molecule has 0 bridgehead atoms. The van der Waals surface area contributed by atoms with E-state index in [4.69, 9.17) is 11.6 Å². The number of halogens is 3. The van der Waals surface area contributed by atoms with Crippen molar-refractivity contribution in [1.29, 1.82) is 0 Å². The molecule has 0 amide bonds. The van der Waals surface area contributed by atoms with Crippen molar-refractivity contribution >= 4 is 11.6 Å². The van der Waals surface area contributed by atoms with E-state index in [9.17, 15) is 8.78 Å². The highest BCUT2D eigenvalue weighted by Crippen LogP contribution is 2.32. The molecule has 2 aromatic rings. The monoisotopic (exact) mass is 295 g/mol. The zero-order valence-electron chi connectivity index (χ0n) is 11.4. The van der Waals surface area contributed by atoms with Gasteiger partial charge in [0.1, 0.15) is 11.6 Å². The molecule has 0 atom stereocenters. The van der Waals surface area contributed by atoms with Gasteiger partial charge in [0.15, 0.2) is 0 Å². The van der Waals surface area contributed by atoms with Crippen molar-refractivity contribution in [1.82, 2.24) is 5.32 Å². The van der Waals surface area contributed by atoms with E-state index in [1.54, 1.807) is 25.1 Å². The van der Waals surface area contributed by atoms with Gasteiger partial charge in [-0.1, -0.05) is 30.7 Å². The first-order valence-corrected chi connectivity index (χ1v) is 6.86. The van der Waals surface area contributed by atoms with Crippen LogP contribution in [0.2, 0.25) is 5.02 Å². The van der Waals surface area contributed by atoms with Crippen LogP contribution in [-0.4, -0.2) is 6.54 Å². The van der Waals surface area contributed by atoms with E-state index in [1.165, 1.54) is 12.1 Å². The van der Waals surface area contributed by atoms with Crippen molar-refractivity contribution < 1.29 is 8.78 Å². The minimum Gasteiger partial charge on any atom is -0.313 e. The largest absolute Gasteiger partial charge is 0.313 e. The van der Waals surface area contributed by atoms with Crippen molar-refractivity contribution in [3.8, 4) is 11.1 Å². The first-order chi connectivity index (χ1) is 9.54. The summed E-state index contributed by atoms with van der Waals surface area (Å²) in [5, 5.41) is 3.62. The normalized spacial score (nSPS) is 10.8. The highest BCUT2D eigenvalue weighted by molar-refractivity contribution is 6.30. The van der Waals surface area contributed by atoms with Crippen LogP contribution in [0.1, 0.15) is 18.1 Å². The molecule has 0 fully saturated rings. The molecule has 20 heavy (non-hydrogen) atoms. The molecule has 0 radical (unpaired) electrons. The van der Waals surface area contributed by atoms with Crippen molar-refractivity contribution in [3.05, 3.63) is 58.1 Å². The van der Waals surface area contributed by atoms with Gasteiger partial charge < -0.3 is 5.32 Å². The van der Waals surface area contributed by atoms with Crippen LogP contribution in [0, 0.1) is 18.6 Å². The van der Waals surface area contributed by atoms with E-state index in [0.717, 1.165) is 12.1 Å². The van der Waals surface area contributed by atoms with E-state index in [1.807, 2.05) is 6.92 Å². The van der Waals surface area contributed by atoms with Crippen LogP contribution in [0.4, 0.5) is 8.78 Å². The third-order valence-corrected chi connectivity index (χ3v) is 3.43. The summed E-state index contributed by atoms with van der Waals surface area (Å²) in [6, 6.07) is 7.84. The van der Waals surface area contributed by atoms with Gasteiger partial charge in [-0.25, -0.2) is 8.78 Å². The summed E-state index contributed by atoms with van der Waals surface area (Å²) >= 11 is 5.98. The Morgan fingerprint density at radius 1 is 1.15 bits per heavy atom. The second-order valence-electron chi connectivity index (χ2n) is 4.64. The molecule has 1 nitrogen and oxygen atoms in total. The van der Waals surface area contributed by atoms with E-state index in [0.29, 0.717) is 22.7 Å². The molecular formula is C16H16ClF2N. The SMILES string of the molecule is CCNCc1ccc(Cl)cc1-c1c(F)ccc(C)c1F. The van der Waals surface area contributed by atoms with Crippen molar-refractivity contribution in [2.24, 2.45) is 0 Å². The Balaban J connectivity index is 2.62. The summed E-state index contributed by atoms with van der Waals surface area (Å²) in [4.78, 5) is 0. The van der Waals surface area contributed by atoms with Gasteiger partial charge in [-0.05, 0) is 48.4 Å². The second-order valence-corrected chi connectivity index (χ2v) is 5.07. The predicted molar refractivity (Wildman–Crippen MR) is 78.9 cm³/mol. The van der Waals surface area contributed by atoms with Crippen LogP contribution in [0.15, 0.2) is 30.3 Å². The van der Waals surface area contributed by atoms with Crippen LogP contribution in [0.25, 0.3) is 11.1 Å². The fraction of sp³-hybridized carbons (Fsp3) is 0.250. The Morgan fingerprint density at radius 3 is 2.60 bits per heavy atom. The Kier molecular flexibility index (Phi) is 4.73. The van der Waals surface area contributed by atoms with Crippen molar-refractivity contribution in [2.45, 2.75) is 20.4 Å². The van der Waals surface area contributed by atoms with E-state index in [2.05, 4.69) is 5.32 Å². The average molecular weight is 296 g/mol. The topological polar surface area (TPSA) is 12.0 Å². The fourth-order valence-corrected chi connectivity index (χ4v) is 2.27. The number of hydrogen-bond acceptors (Lipinski definition) is 1. The van der Waals surface area contributed by atoms with Crippen LogP contribution >= 0.6 is 11.6 Å². The molecule has 0 aromatic heterocycles. The molecule has 0 aliphatic carbocycles. The maximum atomic E-state index is 14.3. The van der Waals surface area contributed by atoms with Crippen LogP contribution < -0.4 is 5.32 Å². The van der Waals surface area contributed by atoms with E-state index in [-0.39, 0.29) is 5.56 Å². The zero-order valence-corrected chi connectivity index (χ0v) is 12.2. The number of nitrogens with one attached hydrogen (secondary N) is 1. The summed E-state index contributed by atoms with van der Waals surface area (Å²) in [6.07, 6.45) is 0. The van der Waals surface area contributed by atoms with Crippen molar-refractivity contribution in [2.75, 3.05) is 6.54 Å². The average Bonchev–Trinajstić information content (AvgIpc) is 2.42. The van der Waals surface area contributed by atoms with Gasteiger partial charge in [0.25, 0.3) is 0 Å². The van der Waals surface area contributed by atoms with E-state index < -0.39 is 11.6 Å². The summed E-state index contributed by atoms with van der Waals surface area (Å²) in [6.45, 7) is 4.91. The zero-order chi connectivity index (χ0) is 14.7. The van der Waals surface area contributed by atoms with Gasteiger partial charge in [-0.2, -0.15) is 0 Å². The lowest BCUT2D eigenvalue weighted by molar-refractivity contribution is 0.583.